The summed E-state index contributed by atoms with van der Waals surface area (Å²) in [6, 6.07) is 7.93. The van der Waals surface area contributed by atoms with Crippen LogP contribution in [0.3, 0.4) is 0 Å². The monoisotopic (exact) mass is 345 g/mol. The molecule has 0 atom stereocenters. The standard InChI is InChI=1S/C17H16ClN3OS/c1-10-11(2)20-21(3)17(10)19-15(22)9-8-14-16(18)12-6-4-5-7-13(12)23-14/h4-9H,1-3H3,(H,19,22). The van der Waals surface area contributed by atoms with Crippen LogP contribution < -0.4 is 5.32 Å². The second-order valence-electron chi connectivity index (χ2n) is 5.28. The van der Waals surface area contributed by atoms with Gasteiger partial charge in [-0.15, -0.1) is 11.3 Å². The van der Waals surface area contributed by atoms with Crippen molar-refractivity contribution in [3.8, 4) is 0 Å². The molecule has 0 unspecified atom stereocenters. The molecule has 0 radical (unpaired) electrons. The fraction of sp³-hybridized carbons (Fsp3) is 0.176. The van der Waals surface area contributed by atoms with Crippen LogP contribution in [0.15, 0.2) is 30.3 Å². The number of thiophene rings is 1. The van der Waals surface area contributed by atoms with Gasteiger partial charge in [0.25, 0.3) is 0 Å². The third-order valence-corrected chi connectivity index (χ3v) is 5.36. The predicted molar refractivity (Wildman–Crippen MR) is 97.2 cm³/mol. The van der Waals surface area contributed by atoms with Gasteiger partial charge in [0.1, 0.15) is 5.82 Å². The SMILES string of the molecule is Cc1nn(C)c(NC(=O)C=Cc2sc3ccccc3c2Cl)c1C. The van der Waals surface area contributed by atoms with Crippen molar-refractivity contribution in [3.05, 3.63) is 51.5 Å². The maximum absolute atomic E-state index is 12.1. The Kier molecular flexibility index (Phi) is 4.24. The molecule has 1 aromatic carbocycles. The summed E-state index contributed by atoms with van der Waals surface area (Å²) >= 11 is 7.93. The molecule has 3 rings (SSSR count). The van der Waals surface area contributed by atoms with Crippen LogP contribution in [0.2, 0.25) is 5.02 Å². The van der Waals surface area contributed by atoms with Crippen LogP contribution in [0.25, 0.3) is 16.2 Å². The largest absolute Gasteiger partial charge is 0.307 e. The number of hydrogen-bond acceptors (Lipinski definition) is 3. The number of fused-ring (bicyclic) bond motifs is 1. The number of carbonyl (C=O) groups excluding carboxylic acids is 1. The Hall–Kier alpha value is -2.11. The van der Waals surface area contributed by atoms with E-state index in [1.807, 2.05) is 45.2 Å². The Bertz CT molecular complexity index is 923. The first-order valence-corrected chi connectivity index (χ1v) is 8.33. The van der Waals surface area contributed by atoms with Crippen LogP contribution in [0, 0.1) is 13.8 Å². The van der Waals surface area contributed by atoms with Gasteiger partial charge in [0.2, 0.25) is 5.91 Å². The Balaban J connectivity index is 1.81. The van der Waals surface area contributed by atoms with Crippen molar-refractivity contribution in [3.63, 3.8) is 0 Å². The molecule has 2 heterocycles. The molecule has 23 heavy (non-hydrogen) atoms. The molecule has 0 aliphatic carbocycles. The molecule has 3 aromatic rings. The summed E-state index contributed by atoms with van der Waals surface area (Å²) in [5.74, 6) is 0.504. The number of amides is 1. The molecular weight excluding hydrogens is 330 g/mol. The summed E-state index contributed by atoms with van der Waals surface area (Å²) in [6.07, 6.45) is 3.25. The summed E-state index contributed by atoms with van der Waals surface area (Å²) in [5, 5.41) is 8.84. The number of anilines is 1. The van der Waals surface area contributed by atoms with Gasteiger partial charge in [0.05, 0.1) is 10.7 Å². The minimum absolute atomic E-state index is 0.204. The number of aromatic nitrogens is 2. The Morgan fingerprint density at radius 1 is 1.35 bits per heavy atom. The average Bonchev–Trinajstić information content (AvgIpc) is 2.97. The van der Waals surface area contributed by atoms with Crippen molar-refractivity contribution in [2.45, 2.75) is 13.8 Å². The van der Waals surface area contributed by atoms with E-state index in [4.69, 9.17) is 11.6 Å². The van der Waals surface area contributed by atoms with Crippen molar-refractivity contribution in [2.24, 2.45) is 7.05 Å². The van der Waals surface area contributed by atoms with Crippen molar-refractivity contribution in [2.75, 3.05) is 5.32 Å². The highest BCUT2D eigenvalue weighted by molar-refractivity contribution is 7.20. The molecule has 6 heteroatoms. The highest BCUT2D eigenvalue weighted by atomic mass is 35.5. The first kappa shape index (κ1) is 15.8. The van der Waals surface area contributed by atoms with E-state index in [1.165, 1.54) is 6.08 Å². The van der Waals surface area contributed by atoms with E-state index < -0.39 is 0 Å². The fourth-order valence-electron chi connectivity index (χ4n) is 2.39. The van der Waals surface area contributed by atoms with E-state index >= 15 is 0 Å². The molecule has 0 aliphatic heterocycles. The number of benzene rings is 1. The van der Waals surface area contributed by atoms with Crippen LogP contribution in [-0.4, -0.2) is 15.7 Å². The second kappa shape index (κ2) is 6.18. The van der Waals surface area contributed by atoms with Gasteiger partial charge in [0.15, 0.2) is 0 Å². The van der Waals surface area contributed by atoms with Crippen LogP contribution in [0.4, 0.5) is 5.82 Å². The van der Waals surface area contributed by atoms with E-state index in [-0.39, 0.29) is 5.91 Å². The van der Waals surface area contributed by atoms with Gasteiger partial charge in [-0.3, -0.25) is 9.48 Å². The summed E-state index contributed by atoms with van der Waals surface area (Å²) in [5.41, 5.74) is 1.87. The summed E-state index contributed by atoms with van der Waals surface area (Å²) < 4.78 is 2.78. The topological polar surface area (TPSA) is 46.9 Å². The summed E-state index contributed by atoms with van der Waals surface area (Å²) in [7, 11) is 1.81. The lowest BCUT2D eigenvalue weighted by molar-refractivity contribution is -0.111. The van der Waals surface area contributed by atoms with Gasteiger partial charge < -0.3 is 5.32 Å². The zero-order chi connectivity index (χ0) is 16.6. The quantitative estimate of drug-likeness (QED) is 0.707. The van der Waals surface area contributed by atoms with Gasteiger partial charge in [-0.25, -0.2) is 0 Å². The second-order valence-corrected chi connectivity index (χ2v) is 6.74. The number of hydrogen-bond donors (Lipinski definition) is 1. The first-order chi connectivity index (χ1) is 11.0. The molecule has 0 saturated heterocycles. The van der Waals surface area contributed by atoms with E-state index in [9.17, 15) is 4.79 Å². The Morgan fingerprint density at radius 2 is 2.09 bits per heavy atom. The molecule has 0 saturated carbocycles. The highest BCUT2D eigenvalue weighted by Crippen LogP contribution is 2.35. The predicted octanol–water partition coefficient (Wildman–Crippen LogP) is 4.56. The van der Waals surface area contributed by atoms with Crippen LogP contribution >= 0.6 is 22.9 Å². The maximum atomic E-state index is 12.1. The van der Waals surface area contributed by atoms with Crippen molar-refractivity contribution < 1.29 is 4.79 Å². The minimum Gasteiger partial charge on any atom is -0.307 e. The number of halogens is 1. The number of rotatable bonds is 3. The average molecular weight is 346 g/mol. The molecule has 118 valence electrons. The smallest absolute Gasteiger partial charge is 0.249 e. The summed E-state index contributed by atoms with van der Waals surface area (Å²) in [4.78, 5) is 13.0. The van der Waals surface area contributed by atoms with Crippen LogP contribution in [0.1, 0.15) is 16.1 Å². The third kappa shape index (κ3) is 3.02. The van der Waals surface area contributed by atoms with Gasteiger partial charge in [-0.1, -0.05) is 29.8 Å². The molecule has 0 fully saturated rings. The summed E-state index contributed by atoms with van der Waals surface area (Å²) in [6.45, 7) is 3.85. The Morgan fingerprint density at radius 3 is 2.74 bits per heavy atom. The van der Waals surface area contributed by atoms with E-state index in [0.717, 1.165) is 26.2 Å². The van der Waals surface area contributed by atoms with Gasteiger partial charge in [0, 0.05) is 33.7 Å². The van der Waals surface area contributed by atoms with Crippen LogP contribution in [-0.2, 0) is 11.8 Å². The molecule has 0 bridgehead atoms. The Labute approximate surface area is 143 Å². The number of carbonyl (C=O) groups is 1. The fourth-order valence-corrected chi connectivity index (χ4v) is 3.79. The highest BCUT2D eigenvalue weighted by Gasteiger charge is 2.11. The van der Waals surface area contributed by atoms with Crippen molar-refractivity contribution in [1.82, 2.24) is 9.78 Å². The lowest BCUT2D eigenvalue weighted by Crippen LogP contribution is -2.12. The number of nitrogens with zero attached hydrogens (tertiary/aromatic N) is 2. The number of nitrogens with one attached hydrogen (secondary N) is 1. The van der Waals surface area contributed by atoms with E-state index in [0.29, 0.717) is 10.8 Å². The van der Waals surface area contributed by atoms with Gasteiger partial charge >= 0.3 is 0 Å². The molecule has 1 N–H and O–H groups in total. The first-order valence-electron chi connectivity index (χ1n) is 7.13. The minimum atomic E-state index is -0.204. The molecule has 4 nitrogen and oxygen atoms in total. The van der Waals surface area contributed by atoms with Gasteiger partial charge in [-0.05, 0) is 26.0 Å². The maximum Gasteiger partial charge on any atom is 0.249 e. The zero-order valence-electron chi connectivity index (χ0n) is 13.1. The van der Waals surface area contributed by atoms with E-state index in [2.05, 4.69) is 10.4 Å². The normalized spacial score (nSPS) is 11.5. The molecule has 2 aromatic heterocycles. The van der Waals surface area contributed by atoms with Crippen molar-refractivity contribution >= 4 is 50.8 Å². The number of aryl methyl sites for hydroxylation is 2. The molecule has 0 aliphatic rings. The van der Waals surface area contributed by atoms with Crippen molar-refractivity contribution in [1.29, 1.82) is 0 Å². The molecule has 1 amide bonds. The third-order valence-electron chi connectivity index (χ3n) is 3.71. The van der Waals surface area contributed by atoms with E-state index in [1.54, 1.807) is 22.1 Å². The lowest BCUT2D eigenvalue weighted by atomic mass is 10.2. The zero-order valence-corrected chi connectivity index (χ0v) is 14.6. The van der Waals surface area contributed by atoms with Crippen LogP contribution in [0.5, 0.6) is 0 Å². The molecule has 0 spiro atoms. The lowest BCUT2D eigenvalue weighted by Gasteiger charge is -2.03. The molecular formula is C17H16ClN3OS. The van der Waals surface area contributed by atoms with Gasteiger partial charge in [-0.2, -0.15) is 5.10 Å².